The highest BCUT2D eigenvalue weighted by molar-refractivity contribution is 5.89. The van der Waals surface area contributed by atoms with Crippen molar-refractivity contribution in [2.24, 2.45) is 50.2 Å². The molecule has 35 atom stereocenters. The number of hydrogen-bond acceptors (Lipinski definition) is 29. The standard InChI is InChI=1S/C69H110O30/c1-12-65(8,99-59-53(85)47(79)42(74)29(2)91-59)19-13-14-31(25-70)56(86)95-41-24-69(62(87)88)33(22-63(41,4)5)32-15-16-38-66(9)20-18-40(64(6,7)37(66)17-21-67(38,10)68(32,11)23-39(69)73)96-61-55(98-58-52(84)48(80)45(77)35(26-71)93-58)50(82)46(78)36(94-61)28-90-60-54(49(81)43(75)30(3)92-60)97-57-51(83)44(76)34(72)27-89-57/h12,14-15,29-30,33-55,57-61,70-85H,1,13,16-28H2,2-11H3,(H,87,88)/b31-14+/t29-,30+,33-,34+,35+,36+,37-,38+,39+,40-,41-,42-,43-,44-,45+,46+,47+,48-,49-,50-,51+,52+,53-,54+,55+,57-,58-,59-,60+,61-,65?,66-,67+,68+,69+/m0/s1. The van der Waals surface area contributed by atoms with E-state index in [0.29, 0.717) is 32.1 Å². The van der Waals surface area contributed by atoms with E-state index in [1.165, 1.54) is 26.0 Å². The molecule has 0 spiro atoms. The Morgan fingerprint density at radius 1 is 0.636 bits per heavy atom. The van der Waals surface area contributed by atoms with Crippen LogP contribution in [-0.4, -0.2) is 297 Å². The van der Waals surface area contributed by atoms with Gasteiger partial charge in [-0.25, -0.2) is 4.79 Å². The predicted molar refractivity (Wildman–Crippen MR) is 339 cm³/mol. The smallest absolute Gasteiger partial charge is 0.336 e. The number of esters is 1. The molecule has 5 aliphatic carbocycles. The van der Waals surface area contributed by atoms with Crippen molar-refractivity contribution >= 4 is 11.9 Å². The molecular formula is C69H110O30. The molecule has 30 nitrogen and oxygen atoms in total. The van der Waals surface area contributed by atoms with Gasteiger partial charge in [-0.3, -0.25) is 4.79 Å². The summed E-state index contributed by atoms with van der Waals surface area (Å²) in [6.07, 6.45) is -33.2. The molecule has 17 N–H and O–H groups in total. The normalized spacial score (nSPS) is 50.4. The third kappa shape index (κ3) is 14.0. The van der Waals surface area contributed by atoms with Crippen molar-refractivity contribution in [3.8, 4) is 0 Å². The van der Waals surface area contributed by atoms with E-state index in [-0.39, 0.29) is 49.5 Å². The monoisotopic (exact) mass is 1420 g/mol. The highest BCUT2D eigenvalue weighted by Crippen LogP contribution is 2.76. The molecule has 0 aromatic rings. The third-order valence-corrected chi connectivity index (χ3v) is 25.6. The SMILES string of the molecule is C=CC(C)(CC/C=C(\CO)C(=O)O[C@H]1C[C@]2(C(=O)O)[C@H](O)C[C@]3(C)C(=CC[C@@H]4[C@@]5(C)CC[C@H](O[C@@H]6O[C@H](CO[C@@H]7O[C@H](C)[C@H](O)[C@H](O)[C@H]7O[C@@H]7OC[C@@H](O)[C@H](O)[C@H]7O)[C@@H](O)[C@H](O)[C@H]6O[C@@H]6O[C@H](CO)[C@@H](O)[C@H](O)[C@H]6O)C(C)(C)[C@@H]5CC[C@]43C)[C@@H]2CC1(C)C)O[C@@H]1O[C@@H](C)[C@H](O)[C@@H](O)[C@@H]1O. The lowest BCUT2D eigenvalue weighted by molar-refractivity contribution is -0.385. The Balaban J connectivity index is 0.864. The van der Waals surface area contributed by atoms with E-state index >= 15 is 0 Å². The minimum absolute atomic E-state index is 0.0292. The zero-order valence-corrected chi connectivity index (χ0v) is 58.1. The van der Waals surface area contributed by atoms with Crippen LogP contribution in [0.5, 0.6) is 0 Å². The maximum atomic E-state index is 14.1. The Morgan fingerprint density at radius 2 is 1.22 bits per heavy atom. The summed E-state index contributed by atoms with van der Waals surface area (Å²) in [7, 11) is 0. The van der Waals surface area contributed by atoms with Crippen molar-refractivity contribution in [1.82, 2.24) is 0 Å². The van der Waals surface area contributed by atoms with Gasteiger partial charge in [0.15, 0.2) is 31.5 Å². The minimum Gasteiger partial charge on any atom is -0.481 e. The van der Waals surface area contributed by atoms with Gasteiger partial charge >= 0.3 is 11.9 Å². The second kappa shape index (κ2) is 29.5. The van der Waals surface area contributed by atoms with Gasteiger partial charge in [-0.05, 0) is 118 Å². The Labute approximate surface area is 576 Å². The summed E-state index contributed by atoms with van der Waals surface area (Å²) in [4.78, 5) is 28.2. The van der Waals surface area contributed by atoms with Crippen molar-refractivity contribution in [1.29, 1.82) is 0 Å². The van der Waals surface area contributed by atoms with E-state index in [1.54, 1.807) is 6.92 Å². The number of ether oxygens (including phenoxy) is 11. The van der Waals surface area contributed by atoms with Crippen LogP contribution < -0.4 is 0 Å². The van der Waals surface area contributed by atoms with E-state index in [1.807, 2.05) is 13.8 Å². The molecule has 0 bridgehead atoms. The van der Waals surface area contributed by atoms with E-state index in [2.05, 4.69) is 47.3 Å². The maximum Gasteiger partial charge on any atom is 0.336 e. The lowest BCUT2D eigenvalue weighted by atomic mass is 9.33. The summed E-state index contributed by atoms with van der Waals surface area (Å²) < 4.78 is 66.6. The van der Waals surface area contributed by atoms with Crippen LogP contribution in [0.2, 0.25) is 0 Å². The van der Waals surface area contributed by atoms with E-state index in [4.69, 9.17) is 52.1 Å². The fourth-order valence-corrected chi connectivity index (χ4v) is 19.0. The molecule has 30 heteroatoms. The van der Waals surface area contributed by atoms with Crippen molar-refractivity contribution < 1.29 is 149 Å². The topological polar surface area (TPSA) is 480 Å². The summed E-state index contributed by atoms with van der Waals surface area (Å²) in [5.74, 6) is -2.88. The molecule has 10 rings (SSSR count). The highest BCUT2D eigenvalue weighted by atomic mass is 16.8. The molecule has 99 heavy (non-hydrogen) atoms. The fourth-order valence-electron chi connectivity index (χ4n) is 19.0. The van der Waals surface area contributed by atoms with Crippen molar-refractivity contribution in [2.75, 3.05) is 26.4 Å². The molecule has 5 saturated heterocycles. The van der Waals surface area contributed by atoms with Crippen LogP contribution in [0.4, 0.5) is 0 Å². The number of carbonyl (C=O) groups is 2. The number of fused-ring (bicyclic) bond motifs is 7. The Kier molecular flexibility index (Phi) is 23.4. The first-order valence-electron chi connectivity index (χ1n) is 34.9. The number of aliphatic hydroxyl groups excluding tert-OH is 16. The van der Waals surface area contributed by atoms with Crippen LogP contribution in [0.3, 0.4) is 0 Å². The zero-order chi connectivity index (χ0) is 72.9. The van der Waals surface area contributed by atoms with Crippen LogP contribution in [0.15, 0.2) is 36.0 Å². The van der Waals surface area contributed by atoms with Crippen molar-refractivity contribution in [2.45, 2.75) is 305 Å². The van der Waals surface area contributed by atoms with E-state index in [9.17, 15) is 96.4 Å². The lowest BCUT2D eigenvalue weighted by Gasteiger charge is -2.72. The molecule has 0 amide bonds. The quantitative estimate of drug-likeness (QED) is 0.0276. The van der Waals surface area contributed by atoms with Gasteiger partial charge in [0.25, 0.3) is 0 Å². The summed E-state index contributed by atoms with van der Waals surface area (Å²) in [6, 6.07) is 0. The first-order valence-corrected chi connectivity index (χ1v) is 34.9. The number of aliphatic hydroxyl groups is 16. The number of carbonyl (C=O) groups excluding carboxylic acids is 1. The largest absolute Gasteiger partial charge is 0.481 e. The number of rotatable bonds is 20. The summed E-state index contributed by atoms with van der Waals surface area (Å²) in [5, 5.41) is 186. The minimum atomic E-state index is -1.95. The predicted octanol–water partition coefficient (Wildman–Crippen LogP) is -1.82. The average Bonchev–Trinajstić information content (AvgIpc) is 0.670. The second-order valence-corrected chi connectivity index (χ2v) is 32.1. The molecule has 566 valence electrons. The molecule has 0 aromatic heterocycles. The first-order chi connectivity index (χ1) is 46.2. The molecule has 9 fully saturated rings. The van der Waals surface area contributed by atoms with Crippen molar-refractivity contribution in [3.05, 3.63) is 36.0 Å². The molecule has 10 aliphatic rings. The number of aliphatic carboxylic acids is 1. The Hall–Kier alpha value is -2.88. The van der Waals surface area contributed by atoms with Gasteiger partial charge in [-0.2, -0.15) is 0 Å². The van der Waals surface area contributed by atoms with Gasteiger partial charge in [0.05, 0.1) is 62.0 Å². The molecular weight excluding hydrogens is 1310 g/mol. The first kappa shape index (κ1) is 78.7. The summed E-state index contributed by atoms with van der Waals surface area (Å²) in [5.41, 5.74) is -5.36. The Morgan fingerprint density at radius 3 is 1.87 bits per heavy atom. The molecule has 4 saturated carbocycles. The summed E-state index contributed by atoms with van der Waals surface area (Å²) in [6.45, 7) is 20.5. The van der Waals surface area contributed by atoms with Crippen molar-refractivity contribution in [3.63, 3.8) is 0 Å². The van der Waals surface area contributed by atoms with E-state index < -0.39 is 248 Å². The summed E-state index contributed by atoms with van der Waals surface area (Å²) >= 11 is 0. The van der Waals surface area contributed by atoms with Gasteiger partial charge in [-0.15, -0.1) is 6.58 Å². The van der Waals surface area contributed by atoms with Crippen LogP contribution >= 0.6 is 0 Å². The number of carboxylic acid groups (broad SMARTS) is 1. The van der Waals surface area contributed by atoms with Gasteiger partial charge in [0.2, 0.25) is 0 Å². The molecule has 5 heterocycles. The van der Waals surface area contributed by atoms with E-state index in [0.717, 1.165) is 5.57 Å². The molecule has 0 radical (unpaired) electrons. The average molecular weight is 1420 g/mol. The molecule has 0 aromatic carbocycles. The van der Waals surface area contributed by atoms with Gasteiger partial charge in [-0.1, -0.05) is 72.3 Å². The maximum absolute atomic E-state index is 14.1. The number of carboxylic acids is 1. The van der Waals surface area contributed by atoms with Crippen LogP contribution in [0.1, 0.15) is 133 Å². The van der Waals surface area contributed by atoms with Gasteiger partial charge in [0.1, 0.15) is 115 Å². The second-order valence-electron chi connectivity index (χ2n) is 32.1. The van der Waals surface area contributed by atoms with Crippen LogP contribution in [0, 0.1) is 50.2 Å². The molecule has 5 aliphatic heterocycles. The lowest BCUT2D eigenvalue weighted by Crippen LogP contribution is -2.69. The zero-order valence-electron chi connectivity index (χ0n) is 58.1. The van der Waals surface area contributed by atoms with Gasteiger partial charge in [0, 0.05) is 11.8 Å². The van der Waals surface area contributed by atoms with Crippen LogP contribution in [-0.2, 0) is 61.7 Å². The third-order valence-electron chi connectivity index (χ3n) is 25.6. The Bertz CT molecular complexity index is 2900. The highest BCUT2D eigenvalue weighted by Gasteiger charge is 2.73. The fraction of sp³-hybridized carbons (Fsp3) is 0.884. The van der Waals surface area contributed by atoms with Gasteiger partial charge < -0.3 is 139 Å². The van der Waals surface area contributed by atoms with Crippen LogP contribution in [0.25, 0.3) is 0 Å². The molecule has 1 unspecified atom stereocenters. The number of allylic oxidation sites excluding steroid dienone is 3. The number of hydrogen-bond donors (Lipinski definition) is 17.